The van der Waals surface area contributed by atoms with Gasteiger partial charge < -0.3 is 14.8 Å². The van der Waals surface area contributed by atoms with E-state index in [9.17, 15) is 13.2 Å². The summed E-state index contributed by atoms with van der Waals surface area (Å²) < 4.78 is 35.0. The molecule has 10 heteroatoms. The van der Waals surface area contributed by atoms with Crippen LogP contribution in [0.5, 0.6) is 17.2 Å². The number of carbonyl (C=O) groups is 1. The molecular weight excluding hydrogens is 463 g/mol. The van der Waals surface area contributed by atoms with Gasteiger partial charge in [0.15, 0.2) is 0 Å². The number of ether oxygens (including phenoxy) is 2. The van der Waals surface area contributed by atoms with Gasteiger partial charge in [-0.2, -0.15) is 0 Å². The maximum absolute atomic E-state index is 12.5. The smallest absolute Gasteiger partial charge is 0.241 e. The highest BCUT2D eigenvalue weighted by Crippen LogP contribution is 2.32. The van der Waals surface area contributed by atoms with Crippen LogP contribution in [0, 0.1) is 0 Å². The average Bonchev–Trinajstić information content (AvgIpc) is 2.70. The average molecular weight is 481 g/mol. The van der Waals surface area contributed by atoms with Crippen LogP contribution < -0.4 is 19.9 Å². The Morgan fingerprint density at radius 2 is 1.77 bits per heavy atom. The van der Waals surface area contributed by atoms with E-state index in [4.69, 9.17) is 37.8 Å². The molecule has 0 saturated heterocycles. The lowest BCUT2D eigenvalue weighted by molar-refractivity contribution is -0.115. The second-order valence-electron chi connectivity index (χ2n) is 6.41. The van der Waals surface area contributed by atoms with Gasteiger partial charge >= 0.3 is 0 Å². The number of nitrogens with one attached hydrogen (secondary N) is 1. The topological polar surface area (TPSA) is 108 Å². The van der Waals surface area contributed by atoms with Crippen molar-refractivity contribution in [2.45, 2.75) is 11.3 Å². The number of benzene rings is 3. The van der Waals surface area contributed by atoms with Gasteiger partial charge in [0.05, 0.1) is 13.5 Å². The standard InChI is InChI=1S/C21H18Cl2N2O5S/c1-29-18-7-3-6-17(23)16(18)12-21(26)25-14-8-9-19(20(11-14)31(24,27)28)30-15-5-2-4-13(22)10-15/h2-11H,12H2,1H3,(H,25,26)(H2,24,27,28). The Labute approximate surface area is 189 Å². The predicted octanol–water partition coefficient (Wildman–Crippen LogP) is 4.62. The van der Waals surface area contributed by atoms with E-state index >= 15 is 0 Å². The molecule has 0 unspecified atom stereocenters. The molecule has 0 spiro atoms. The number of hydrogen-bond donors (Lipinski definition) is 2. The molecule has 0 radical (unpaired) electrons. The highest BCUT2D eigenvalue weighted by Gasteiger charge is 2.19. The van der Waals surface area contributed by atoms with Crippen LogP contribution in [0.4, 0.5) is 5.69 Å². The molecule has 0 heterocycles. The summed E-state index contributed by atoms with van der Waals surface area (Å²) in [6.45, 7) is 0. The van der Waals surface area contributed by atoms with Crippen molar-refractivity contribution >= 4 is 44.8 Å². The minimum Gasteiger partial charge on any atom is -0.496 e. The van der Waals surface area contributed by atoms with E-state index in [2.05, 4.69) is 5.32 Å². The highest BCUT2D eigenvalue weighted by atomic mass is 35.5. The number of halogens is 2. The first kappa shape index (κ1) is 22.9. The quantitative estimate of drug-likeness (QED) is 0.512. The van der Waals surface area contributed by atoms with Crippen molar-refractivity contribution in [1.82, 2.24) is 0 Å². The van der Waals surface area contributed by atoms with Gasteiger partial charge in [0.1, 0.15) is 22.1 Å². The van der Waals surface area contributed by atoms with Crippen molar-refractivity contribution in [3.05, 3.63) is 76.3 Å². The van der Waals surface area contributed by atoms with Crippen molar-refractivity contribution in [2.24, 2.45) is 5.14 Å². The molecule has 31 heavy (non-hydrogen) atoms. The molecule has 0 bridgehead atoms. The number of primary sulfonamides is 1. The van der Waals surface area contributed by atoms with Crippen LogP contribution in [-0.2, 0) is 21.2 Å². The molecule has 7 nitrogen and oxygen atoms in total. The summed E-state index contributed by atoms with van der Waals surface area (Å²) in [5.41, 5.74) is 0.732. The fraction of sp³-hybridized carbons (Fsp3) is 0.0952. The fourth-order valence-electron chi connectivity index (χ4n) is 2.82. The molecule has 0 aliphatic heterocycles. The maximum atomic E-state index is 12.5. The maximum Gasteiger partial charge on any atom is 0.241 e. The molecule has 3 aromatic rings. The van der Waals surface area contributed by atoms with Gasteiger partial charge in [0.25, 0.3) is 0 Å². The molecular formula is C21H18Cl2N2O5S. The highest BCUT2D eigenvalue weighted by molar-refractivity contribution is 7.89. The summed E-state index contributed by atoms with van der Waals surface area (Å²) in [5, 5.41) is 8.78. The van der Waals surface area contributed by atoms with Crippen LogP contribution in [0.15, 0.2) is 65.6 Å². The first-order chi connectivity index (χ1) is 14.7. The van der Waals surface area contributed by atoms with Gasteiger partial charge in [0.2, 0.25) is 15.9 Å². The number of anilines is 1. The SMILES string of the molecule is COc1cccc(Cl)c1CC(=O)Nc1ccc(Oc2cccc(Cl)c2)c(S(N)(=O)=O)c1. The number of amides is 1. The van der Waals surface area contributed by atoms with Crippen LogP contribution >= 0.6 is 23.2 Å². The Morgan fingerprint density at radius 3 is 2.45 bits per heavy atom. The number of sulfonamides is 1. The molecule has 162 valence electrons. The van der Waals surface area contributed by atoms with E-state index in [-0.39, 0.29) is 22.8 Å². The van der Waals surface area contributed by atoms with E-state index < -0.39 is 15.9 Å². The normalized spacial score (nSPS) is 11.1. The summed E-state index contributed by atoms with van der Waals surface area (Å²) in [4.78, 5) is 12.2. The number of carbonyl (C=O) groups excluding carboxylic acids is 1. The van der Waals surface area contributed by atoms with Gasteiger partial charge in [0, 0.05) is 21.3 Å². The number of hydrogen-bond acceptors (Lipinski definition) is 5. The summed E-state index contributed by atoms with van der Waals surface area (Å²) >= 11 is 12.1. The molecule has 3 rings (SSSR count). The predicted molar refractivity (Wildman–Crippen MR) is 120 cm³/mol. The summed E-state index contributed by atoms with van der Waals surface area (Å²) in [6.07, 6.45) is -0.0751. The third-order valence-corrected chi connectivity index (χ3v) is 5.71. The molecule has 0 aliphatic rings. The Balaban J connectivity index is 1.85. The van der Waals surface area contributed by atoms with Crippen LogP contribution in [0.3, 0.4) is 0 Å². The molecule has 0 fully saturated rings. The Bertz CT molecular complexity index is 1230. The van der Waals surface area contributed by atoms with Crippen molar-refractivity contribution < 1.29 is 22.7 Å². The molecule has 0 atom stereocenters. The minimum atomic E-state index is -4.15. The van der Waals surface area contributed by atoms with E-state index in [0.29, 0.717) is 27.1 Å². The van der Waals surface area contributed by atoms with Gasteiger partial charge in [-0.1, -0.05) is 35.3 Å². The third kappa shape index (κ3) is 5.89. The zero-order chi connectivity index (χ0) is 22.6. The van der Waals surface area contributed by atoms with Crippen LogP contribution in [0.25, 0.3) is 0 Å². The fourth-order valence-corrected chi connectivity index (χ4v) is 3.91. The summed E-state index contributed by atoms with van der Waals surface area (Å²) in [5.74, 6) is 0.379. The summed E-state index contributed by atoms with van der Waals surface area (Å²) in [6, 6.07) is 15.6. The summed E-state index contributed by atoms with van der Waals surface area (Å²) in [7, 11) is -2.67. The van der Waals surface area contributed by atoms with Gasteiger partial charge in [-0.05, 0) is 48.5 Å². The minimum absolute atomic E-state index is 0.00413. The molecule has 3 N–H and O–H groups in total. The second kappa shape index (κ2) is 9.57. The number of methoxy groups -OCH3 is 1. The van der Waals surface area contributed by atoms with Crippen molar-refractivity contribution in [3.63, 3.8) is 0 Å². The van der Waals surface area contributed by atoms with Crippen LogP contribution in [0.2, 0.25) is 10.0 Å². The van der Waals surface area contributed by atoms with Gasteiger partial charge in [-0.15, -0.1) is 0 Å². The number of rotatable bonds is 7. The molecule has 0 aliphatic carbocycles. The van der Waals surface area contributed by atoms with Gasteiger partial charge in [-0.25, -0.2) is 13.6 Å². The zero-order valence-electron chi connectivity index (χ0n) is 16.3. The Kier molecular flexibility index (Phi) is 7.07. The lowest BCUT2D eigenvalue weighted by Crippen LogP contribution is -2.17. The molecule has 0 saturated carbocycles. The number of nitrogens with two attached hydrogens (primary N) is 1. The lowest BCUT2D eigenvalue weighted by atomic mass is 10.1. The molecule has 1 amide bonds. The first-order valence-electron chi connectivity index (χ1n) is 8.89. The van der Waals surface area contributed by atoms with Crippen molar-refractivity contribution in [2.75, 3.05) is 12.4 Å². The zero-order valence-corrected chi connectivity index (χ0v) is 18.6. The van der Waals surface area contributed by atoms with Gasteiger partial charge in [-0.3, -0.25) is 4.79 Å². The lowest BCUT2D eigenvalue weighted by Gasteiger charge is -2.13. The van der Waals surface area contributed by atoms with Crippen molar-refractivity contribution in [3.8, 4) is 17.2 Å². The Morgan fingerprint density at radius 1 is 1.03 bits per heavy atom. The molecule has 0 aromatic heterocycles. The first-order valence-corrected chi connectivity index (χ1v) is 11.2. The van der Waals surface area contributed by atoms with Crippen molar-refractivity contribution in [1.29, 1.82) is 0 Å². The second-order valence-corrected chi connectivity index (χ2v) is 8.79. The van der Waals surface area contributed by atoms with E-state index in [1.807, 2.05) is 0 Å². The van der Waals surface area contributed by atoms with E-state index in [1.165, 1.54) is 31.4 Å². The largest absolute Gasteiger partial charge is 0.496 e. The molecule has 3 aromatic carbocycles. The van der Waals surface area contributed by atoms with E-state index in [1.54, 1.807) is 36.4 Å². The monoisotopic (exact) mass is 480 g/mol. The van der Waals surface area contributed by atoms with Crippen LogP contribution in [-0.4, -0.2) is 21.4 Å². The van der Waals surface area contributed by atoms with E-state index in [0.717, 1.165) is 0 Å². The Hall–Kier alpha value is -2.78. The third-order valence-electron chi connectivity index (χ3n) is 4.19. The van der Waals surface area contributed by atoms with Crippen LogP contribution in [0.1, 0.15) is 5.56 Å².